The van der Waals surface area contributed by atoms with E-state index >= 15 is 0 Å². The van der Waals surface area contributed by atoms with Gasteiger partial charge in [0.2, 0.25) is 10.5 Å². The van der Waals surface area contributed by atoms with Crippen LogP contribution in [-0.4, -0.2) is 10.5 Å². The molecule has 4 heteroatoms. The molecule has 0 saturated carbocycles. The van der Waals surface area contributed by atoms with Crippen LogP contribution in [0.4, 0.5) is 0 Å². The normalized spacial score (nSPS) is 12.3. The van der Waals surface area contributed by atoms with Crippen molar-refractivity contribution in [1.29, 1.82) is 0 Å². The van der Waals surface area contributed by atoms with Crippen molar-refractivity contribution < 1.29 is 9.59 Å². The SMILES string of the molecule is CCC(CCCCCCCCCCCCCCCCCC(=O)Cl)C(=O)Cl. The molecule has 0 aliphatic heterocycles. The highest BCUT2D eigenvalue weighted by Crippen LogP contribution is 2.18. The molecule has 0 fully saturated rings. The van der Waals surface area contributed by atoms with Crippen LogP contribution >= 0.6 is 23.2 Å². The van der Waals surface area contributed by atoms with Gasteiger partial charge in [-0.3, -0.25) is 9.59 Å². The van der Waals surface area contributed by atoms with Crippen molar-refractivity contribution in [3.05, 3.63) is 0 Å². The number of rotatable bonds is 20. The minimum Gasteiger partial charge on any atom is -0.281 e. The van der Waals surface area contributed by atoms with Crippen LogP contribution in [0.1, 0.15) is 122 Å². The molecule has 26 heavy (non-hydrogen) atoms. The maximum absolute atomic E-state index is 11.1. The van der Waals surface area contributed by atoms with Crippen LogP contribution < -0.4 is 0 Å². The summed E-state index contributed by atoms with van der Waals surface area (Å²) < 4.78 is 0. The summed E-state index contributed by atoms with van der Waals surface area (Å²) in [7, 11) is 0. The van der Waals surface area contributed by atoms with Gasteiger partial charge >= 0.3 is 0 Å². The first-order valence-corrected chi connectivity index (χ1v) is 11.7. The highest BCUT2D eigenvalue weighted by Gasteiger charge is 2.12. The summed E-state index contributed by atoms with van der Waals surface area (Å²) in [6, 6.07) is 0. The molecule has 1 unspecified atom stereocenters. The van der Waals surface area contributed by atoms with Gasteiger partial charge < -0.3 is 0 Å². The van der Waals surface area contributed by atoms with Gasteiger partial charge in [0, 0.05) is 12.3 Å². The second-order valence-electron chi connectivity index (χ2n) is 7.61. The van der Waals surface area contributed by atoms with Crippen molar-refractivity contribution in [2.24, 2.45) is 5.92 Å². The van der Waals surface area contributed by atoms with E-state index in [-0.39, 0.29) is 16.4 Å². The Labute approximate surface area is 171 Å². The van der Waals surface area contributed by atoms with Gasteiger partial charge in [0.15, 0.2) is 0 Å². The van der Waals surface area contributed by atoms with Gasteiger partial charge in [0.25, 0.3) is 0 Å². The largest absolute Gasteiger partial charge is 0.281 e. The molecule has 0 aliphatic carbocycles. The van der Waals surface area contributed by atoms with Crippen LogP contribution in [0, 0.1) is 5.92 Å². The maximum atomic E-state index is 11.1. The third kappa shape index (κ3) is 18.7. The lowest BCUT2D eigenvalue weighted by molar-refractivity contribution is -0.115. The van der Waals surface area contributed by atoms with E-state index in [1.54, 1.807) is 0 Å². The van der Waals surface area contributed by atoms with E-state index in [0.29, 0.717) is 6.42 Å². The third-order valence-electron chi connectivity index (χ3n) is 5.24. The van der Waals surface area contributed by atoms with Crippen LogP contribution in [0.5, 0.6) is 0 Å². The first-order valence-electron chi connectivity index (χ1n) is 11.0. The minimum absolute atomic E-state index is 0.0755. The molecule has 0 rings (SSSR count). The van der Waals surface area contributed by atoms with E-state index in [2.05, 4.69) is 0 Å². The molecule has 0 bridgehead atoms. The highest BCUT2D eigenvalue weighted by molar-refractivity contribution is 6.64. The highest BCUT2D eigenvalue weighted by atomic mass is 35.5. The van der Waals surface area contributed by atoms with Crippen molar-refractivity contribution in [2.75, 3.05) is 0 Å². The molecule has 2 nitrogen and oxygen atoms in total. The molecule has 1 atom stereocenters. The molecule has 0 N–H and O–H groups in total. The zero-order chi connectivity index (χ0) is 19.5. The first kappa shape index (κ1) is 25.9. The zero-order valence-electron chi connectivity index (χ0n) is 16.9. The molecule has 0 spiro atoms. The Hall–Kier alpha value is -0.0800. The number of unbranched alkanes of at least 4 members (excludes halogenated alkanes) is 14. The van der Waals surface area contributed by atoms with E-state index in [1.165, 1.54) is 77.0 Å². The van der Waals surface area contributed by atoms with Crippen LogP contribution in [0.15, 0.2) is 0 Å². The number of halogens is 2. The van der Waals surface area contributed by atoms with Crippen LogP contribution in [0.25, 0.3) is 0 Å². The Balaban J connectivity index is 3.13. The lowest BCUT2D eigenvalue weighted by Gasteiger charge is -2.09. The predicted molar refractivity (Wildman–Crippen MR) is 114 cm³/mol. The summed E-state index contributed by atoms with van der Waals surface area (Å²) in [5, 5.41) is -0.353. The van der Waals surface area contributed by atoms with E-state index in [0.717, 1.165) is 32.1 Å². The Morgan fingerprint density at radius 1 is 0.615 bits per heavy atom. The van der Waals surface area contributed by atoms with Crippen molar-refractivity contribution >= 4 is 33.7 Å². The summed E-state index contributed by atoms with van der Waals surface area (Å²) in [6.45, 7) is 2.04. The monoisotopic (exact) mass is 406 g/mol. The Morgan fingerprint density at radius 2 is 0.962 bits per heavy atom. The second kappa shape index (κ2) is 19.7. The molecule has 0 aliphatic rings. The summed E-state index contributed by atoms with van der Waals surface area (Å²) in [6.07, 6.45) is 21.5. The van der Waals surface area contributed by atoms with Crippen molar-refractivity contribution in [2.45, 2.75) is 122 Å². The molecule has 0 heterocycles. The fourth-order valence-corrected chi connectivity index (χ4v) is 3.83. The van der Waals surface area contributed by atoms with Crippen molar-refractivity contribution in [1.82, 2.24) is 0 Å². The predicted octanol–water partition coefficient (Wildman–Crippen LogP) is 8.18. The van der Waals surface area contributed by atoms with Gasteiger partial charge in [0.1, 0.15) is 0 Å². The van der Waals surface area contributed by atoms with Gasteiger partial charge in [0.05, 0.1) is 0 Å². The Bertz CT molecular complexity index is 345. The molecule has 0 aromatic rings. The van der Waals surface area contributed by atoms with Gasteiger partial charge in [-0.2, -0.15) is 0 Å². The topological polar surface area (TPSA) is 34.1 Å². The molecular weight excluding hydrogens is 367 g/mol. The lowest BCUT2D eigenvalue weighted by atomic mass is 9.99. The fraction of sp³-hybridized carbons (Fsp3) is 0.909. The van der Waals surface area contributed by atoms with Gasteiger partial charge in [-0.25, -0.2) is 0 Å². The Morgan fingerprint density at radius 3 is 1.27 bits per heavy atom. The smallest absolute Gasteiger partial charge is 0.224 e. The van der Waals surface area contributed by atoms with Gasteiger partial charge in [-0.1, -0.05) is 96.8 Å². The Kier molecular flexibility index (Phi) is 19.6. The molecule has 0 radical (unpaired) electrons. The van der Waals surface area contributed by atoms with Gasteiger partial charge in [-0.05, 0) is 42.5 Å². The van der Waals surface area contributed by atoms with Crippen molar-refractivity contribution in [3.63, 3.8) is 0 Å². The number of carbonyl (C=O) groups is 2. The lowest BCUT2D eigenvalue weighted by Crippen LogP contribution is -2.06. The fourth-order valence-electron chi connectivity index (χ4n) is 3.43. The van der Waals surface area contributed by atoms with Crippen LogP contribution in [0.3, 0.4) is 0 Å². The quantitative estimate of drug-likeness (QED) is 0.151. The van der Waals surface area contributed by atoms with Crippen LogP contribution in [0.2, 0.25) is 0 Å². The zero-order valence-corrected chi connectivity index (χ0v) is 18.4. The first-order chi connectivity index (χ1) is 12.6. The molecule has 0 aromatic carbocycles. The van der Waals surface area contributed by atoms with Gasteiger partial charge in [-0.15, -0.1) is 0 Å². The van der Waals surface area contributed by atoms with E-state index in [1.807, 2.05) is 6.92 Å². The number of hydrogen-bond donors (Lipinski definition) is 0. The number of hydrogen-bond acceptors (Lipinski definition) is 2. The van der Waals surface area contributed by atoms with E-state index in [4.69, 9.17) is 23.2 Å². The number of carbonyl (C=O) groups excluding carboxylic acids is 2. The average Bonchev–Trinajstić information content (AvgIpc) is 2.60. The summed E-state index contributed by atoms with van der Waals surface area (Å²) in [5.74, 6) is 0.0755. The molecule has 154 valence electrons. The summed E-state index contributed by atoms with van der Waals surface area (Å²) >= 11 is 10.9. The molecule has 0 saturated heterocycles. The third-order valence-corrected chi connectivity index (χ3v) is 5.74. The average molecular weight is 407 g/mol. The molecular formula is C22H40Cl2O2. The summed E-state index contributed by atoms with van der Waals surface area (Å²) in [4.78, 5) is 21.7. The summed E-state index contributed by atoms with van der Waals surface area (Å²) in [5.41, 5.74) is 0. The maximum Gasteiger partial charge on any atom is 0.224 e. The molecule has 0 amide bonds. The molecule has 0 aromatic heterocycles. The van der Waals surface area contributed by atoms with Crippen LogP contribution in [-0.2, 0) is 9.59 Å². The van der Waals surface area contributed by atoms with E-state index < -0.39 is 0 Å². The second-order valence-corrected chi connectivity index (χ2v) is 8.40. The van der Waals surface area contributed by atoms with Crippen molar-refractivity contribution in [3.8, 4) is 0 Å². The standard InChI is InChI=1S/C22H40Cl2O2/c1-2-20(22(24)26)18-16-14-12-10-8-6-4-3-5-7-9-11-13-15-17-19-21(23)25/h20H,2-19H2,1H3. The minimum atomic E-state index is -0.196. The van der Waals surface area contributed by atoms with E-state index in [9.17, 15) is 9.59 Å².